The van der Waals surface area contributed by atoms with Crippen LogP contribution >= 0.6 is 0 Å². The lowest BCUT2D eigenvalue weighted by Crippen LogP contribution is -2.09. The zero-order valence-corrected chi connectivity index (χ0v) is 20.7. The molecule has 0 fully saturated rings. The molecular weight excluding hydrogens is 450 g/mol. The quantitative estimate of drug-likeness (QED) is 0.175. The molecule has 0 atom stereocenters. The summed E-state index contributed by atoms with van der Waals surface area (Å²) in [5.74, 6) is 0.846. The van der Waals surface area contributed by atoms with Crippen molar-refractivity contribution >= 4 is 50.8 Å². The Kier molecular flexibility index (Phi) is 6.14. The number of para-hydroxylation sites is 1. The van der Waals surface area contributed by atoms with E-state index in [-0.39, 0.29) is 0 Å². The fourth-order valence-corrected chi connectivity index (χ4v) is 4.82. The topological polar surface area (TPSA) is 12.5 Å². The van der Waals surface area contributed by atoms with Gasteiger partial charge in [0.2, 0.25) is 0 Å². The summed E-state index contributed by atoms with van der Waals surface area (Å²) < 4.78 is 5.36. The Morgan fingerprint density at radius 1 is 0.486 bits per heavy atom. The molecule has 0 aromatic heterocycles. The van der Waals surface area contributed by atoms with E-state index >= 15 is 0 Å². The Hall–Kier alpha value is -4.82. The van der Waals surface area contributed by atoms with Crippen LogP contribution in [0.1, 0.15) is 11.1 Å². The average Bonchev–Trinajstić information content (AvgIpc) is 2.97. The Balaban J connectivity index is 1.28. The summed E-state index contributed by atoms with van der Waals surface area (Å²) in [7, 11) is 1.69. The molecule has 6 aromatic carbocycles. The third-order valence-corrected chi connectivity index (χ3v) is 6.73. The second-order valence-electron chi connectivity index (χ2n) is 9.06. The van der Waals surface area contributed by atoms with Gasteiger partial charge in [0.05, 0.1) is 7.11 Å². The molecule has 0 unspecified atom stereocenters. The number of anilines is 3. The van der Waals surface area contributed by atoms with E-state index < -0.39 is 0 Å². The Morgan fingerprint density at radius 2 is 1.05 bits per heavy atom. The predicted molar refractivity (Wildman–Crippen MR) is 158 cm³/mol. The summed E-state index contributed by atoms with van der Waals surface area (Å²) in [6, 6.07) is 46.9. The second kappa shape index (κ2) is 10.0. The van der Waals surface area contributed by atoms with Crippen molar-refractivity contribution in [3.63, 3.8) is 0 Å². The minimum Gasteiger partial charge on any atom is -0.497 e. The smallest absolute Gasteiger partial charge is 0.119 e. The number of benzene rings is 6. The zero-order valence-electron chi connectivity index (χ0n) is 20.7. The van der Waals surface area contributed by atoms with Gasteiger partial charge >= 0.3 is 0 Å². The molecule has 2 nitrogen and oxygen atoms in total. The third-order valence-electron chi connectivity index (χ3n) is 6.73. The van der Waals surface area contributed by atoms with Gasteiger partial charge in [-0.3, -0.25) is 0 Å². The minimum absolute atomic E-state index is 0.846. The number of hydrogen-bond acceptors (Lipinski definition) is 2. The van der Waals surface area contributed by atoms with Crippen molar-refractivity contribution in [1.29, 1.82) is 0 Å². The van der Waals surface area contributed by atoms with Crippen molar-refractivity contribution in [3.05, 3.63) is 145 Å². The summed E-state index contributed by atoms with van der Waals surface area (Å²) >= 11 is 0. The molecule has 0 saturated heterocycles. The van der Waals surface area contributed by atoms with Crippen molar-refractivity contribution < 1.29 is 4.74 Å². The Labute approximate surface area is 217 Å². The van der Waals surface area contributed by atoms with Gasteiger partial charge in [-0.1, -0.05) is 91.0 Å². The number of methoxy groups -OCH3 is 1. The van der Waals surface area contributed by atoms with Gasteiger partial charge in [0, 0.05) is 17.1 Å². The predicted octanol–water partition coefficient (Wildman–Crippen LogP) is 9.64. The first-order chi connectivity index (χ1) is 18.3. The minimum atomic E-state index is 0.846. The van der Waals surface area contributed by atoms with Crippen LogP contribution in [-0.2, 0) is 0 Å². The fourth-order valence-electron chi connectivity index (χ4n) is 4.82. The first kappa shape index (κ1) is 22.6. The second-order valence-corrected chi connectivity index (χ2v) is 9.06. The summed E-state index contributed by atoms with van der Waals surface area (Å²) in [6.07, 6.45) is 4.36. The number of nitrogens with zero attached hydrogens (tertiary/aromatic N) is 1. The molecule has 6 aromatic rings. The van der Waals surface area contributed by atoms with Crippen LogP contribution in [0.2, 0.25) is 0 Å². The van der Waals surface area contributed by atoms with Crippen molar-refractivity contribution in [3.8, 4) is 5.75 Å². The maximum absolute atomic E-state index is 5.36. The average molecular weight is 478 g/mol. The molecule has 0 aliphatic rings. The van der Waals surface area contributed by atoms with Crippen LogP contribution in [0.25, 0.3) is 33.7 Å². The highest BCUT2D eigenvalue weighted by Gasteiger charge is 2.12. The molecule has 0 aliphatic carbocycles. The summed E-state index contributed by atoms with van der Waals surface area (Å²) in [5.41, 5.74) is 5.64. The van der Waals surface area contributed by atoms with E-state index in [2.05, 4.69) is 132 Å². The molecule has 178 valence electrons. The largest absolute Gasteiger partial charge is 0.497 e. The molecule has 0 heterocycles. The number of fused-ring (bicyclic) bond motifs is 3. The summed E-state index contributed by atoms with van der Waals surface area (Å²) in [5, 5.41) is 5.12. The van der Waals surface area contributed by atoms with Crippen molar-refractivity contribution in [1.82, 2.24) is 0 Å². The Morgan fingerprint density at radius 3 is 1.81 bits per heavy atom. The van der Waals surface area contributed by atoms with Crippen LogP contribution < -0.4 is 9.64 Å². The van der Waals surface area contributed by atoms with E-state index in [0.29, 0.717) is 0 Å². The molecule has 0 bridgehead atoms. The number of hydrogen-bond donors (Lipinski definition) is 0. The van der Waals surface area contributed by atoms with Crippen LogP contribution in [0.3, 0.4) is 0 Å². The van der Waals surface area contributed by atoms with Gasteiger partial charge in [-0.25, -0.2) is 0 Å². The van der Waals surface area contributed by atoms with Gasteiger partial charge in [0.1, 0.15) is 5.75 Å². The summed E-state index contributed by atoms with van der Waals surface area (Å²) in [6.45, 7) is 0. The molecule has 0 aliphatic heterocycles. The number of rotatable bonds is 6. The standard InChI is InChI=1S/C35H27NO/c1-37-33-22-20-32(21-23-33)36(30-8-3-2-4-9-30)31-18-13-26(14-19-31)11-12-27-15-24-35-29(25-27)17-16-28-7-5-6-10-34(28)35/h2-25H,1H3/b12-11-. The highest BCUT2D eigenvalue weighted by molar-refractivity contribution is 6.07. The van der Waals surface area contributed by atoms with Crippen LogP contribution in [-0.4, -0.2) is 7.11 Å². The highest BCUT2D eigenvalue weighted by atomic mass is 16.5. The van der Waals surface area contributed by atoms with Gasteiger partial charge in [-0.05, 0) is 87.3 Å². The van der Waals surface area contributed by atoms with Gasteiger partial charge in [-0.15, -0.1) is 0 Å². The van der Waals surface area contributed by atoms with E-state index in [4.69, 9.17) is 4.74 Å². The lowest BCUT2D eigenvalue weighted by atomic mass is 10.00. The van der Waals surface area contributed by atoms with E-state index in [1.165, 1.54) is 27.1 Å². The van der Waals surface area contributed by atoms with Crippen LogP contribution in [0.4, 0.5) is 17.1 Å². The maximum atomic E-state index is 5.36. The SMILES string of the molecule is COc1ccc(N(c2ccccc2)c2ccc(/C=C\c3ccc4c(ccc5ccccc54)c3)cc2)cc1. The van der Waals surface area contributed by atoms with E-state index in [9.17, 15) is 0 Å². The number of ether oxygens (including phenoxy) is 1. The molecule has 0 spiro atoms. The molecule has 6 rings (SSSR count). The monoisotopic (exact) mass is 477 g/mol. The highest BCUT2D eigenvalue weighted by Crippen LogP contribution is 2.35. The molecule has 0 N–H and O–H groups in total. The van der Waals surface area contributed by atoms with Crippen molar-refractivity contribution in [2.45, 2.75) is 0 Å². The van der Waals surface area contributed by atoms with E-state index in [1.54, 1.807) is 7.11 Å². The van der Waals surface area contributed by atoms with Crippen LogP contribution in [0, 0.1) is 0 Å². The molecule has 0 radical (unpaired) electrons. The van der Waals surface area contributed by atoms with Gasteiger partial charge in [0.25, 0.3) is 0 Å². The normalized spacial score (nSPS) is 11.3. The van der Waals surface area contributed by atoms with Crippen molar-refractivity contribution in [2.24, 2.45) is 0 Å². The molecular formula is C35H27NO. The van der Waals surface area contributed by atoms with Gasteiger partial charge in [-0.2, -0.15) is 0 Å². The van der Waals surface area contributed by atoms with Gasteiger partial charge < -0.3 is 9.64 Å². The van der Waals surface area contributed by atoms with Crippen molar-refractivity contribution in [2.75, 3.05) is 12.0 Å². The lowest BCUT2D eigenvalue weighted by molar-refractivity contribution is 0.415. The first-order valence-electron chi connectivity index (χ1n) is 12.5. The van der Waals surface area contributed by atoms with Gasteiger partial charge in [0.15, 0.2) is 0 Å². The maximum Gasteiger partial charge on any atom is 0.119 e. The Bertz CT molecular complexity index is 1680. The van der Waals surface area contributed by atoms with E-state index in [1.807, 2.05) is 18.2 Å². The molecule has 0 saturated carbocycles. The molecule has 37 heavy (non-hydrogen) atoms. The first-order valence-corrected chi connectivity index (χ1v) is 12.5. The lowest BCUT2D eigenvalue weighted by Gasteiger charge is -2.25. The van der Waals surface area contributed by atoms with E-state index in [0.717, 1.165) is 28.4 Å². The fraction of sp³-hybridized carbons (Fsp3) is 0.0286. The molecule has 0 amide bonds. The molecule has 2 heteroatoms. The summed E-state index contributed by atoms with van der Waals surface area (Å²) in [4.78, 5) is 2.25. The zero-order chi connectivity index (χ0) is 25.0. The van der Waals surface area contributed by atoms with Crippen LogP contribution in [0.5, 0.6) is 5.75 Å². The van der Waals surface area contributed by atoms with Crippen LogP contribution in [0.15, 0.2) is 133 Å². The third kappa shape index (κ3) is 4.70.